The Bertz CT molecular complexity index is 498. The molecule has 0 aliphatic heterocycles. The summed E-state index contributed by atoms with van der Waals surface area (Å²) in [5.74, 6) is 0. The number of anilines is 1. The van der Waals surface area contributed by atoms with E-state index in [1.54, 1.807) is 0 Å². The Hall–Kier alpha value is -1.54. The van der Waals surface area contributed by atoms with E-state index < -0.39 is 0 Å². The molecule has 0 aliphatic rings. The molecule has 0 aliphatic carbocycles. The molecule has 0 amide bonds. The van der Waals surface area contributed by atoms with Gasteiger partial charge in [0.05, 0.1) is 5.66 Å². The lowest BCUT2D eigenvalue weighted by Gasteiger charge is -2.27. The van der Waals surface area contributed by atoms with E-state index in [0.29, 0.717) is 0 Å². The lowest BCUT2D eigenvalue weighted by atomic mass is 10.0. The summed E-state index contributed by atoms with van der Waals surface area (Å²) in [7, 11) is 0. The SMILES string of the molecule is CCCC(C)(N)Nc1cccc2ccccc12. The van der Waals surface area contributed by atoms with Crippen molar-refractivity contribution in [3.8, 4) is 0 Å². The number of hydrogen-bond donors (Lipinski definition) is 2. The fourth-order valence-electron chi connectivity index (χ4n) is 2.22. The molecule has 2 aromatic carbocycles. The summed E-state index contributed by atoms with van der Waals surface area (Å²) in [6.45, 7) is 4.19. The van der Waals surface area contributed by atoms with Gasteiger partial charge in [-0.2, -0.15) is 0 Å². The van der Waals surface area contributed by atoms with E-state index in [9.17, 15) is 0 Å². The van der Waals surface area contributed by atoms with E-state index in [4.69, 9.17) is 5.73 Å². The Morgan fingerprint density at radius 1 is 1.12 bits per heavy atom. The molecule has 0 spiro atoms. The van der Waals surface area contributed by atoms with Crippen molar-refractivity contribution in [2.24, 2.45) is 5.73 Å². The van der Waals surface area contributed by atoms with Crippen LogP contribution in [-0.2, 0) is 0 Å². The molecule has 2 nitrogen and oxygen atoms in total. The Morgan fingerprint density at radius 3 is 2.59 bits per heavy atom. The molecule has 2 aromatic rings. The molecule has 0 heterocycles. The molecule has 1 atom stereocenters. The third-order valence-electron chi connectivity index (χ3n) is 2.98. The molecule has 2 rings (SSSR count). The van der Waals surface area contributed by atoms with Crippen molar-refractivity contribution in [3.63, 3.8) is 0 Å². The van der Waals surface area contributed by atoms with Crippen molar-refractivity contribution in [2.75, 3.05) is 5.32 Å². The van der Waals surface area contributed by atoms with E-state index in [0.717, 1.165) is 18.5 Å². The molecule has 0 bridgehead atoms. The molecule has 1 unspecified atom stereocenters. The molecule has 0 fully saturated rings. The zero-order valence-corrected chi connectivity index (χ0v) is 10.5. The zero-order chi connectivity index (χ0) is 12.3. The minimum Gasteiger partial charge on any atom is -0.367 e. The maximum atomic E-state index is 6.24. The maximum absolute atomic E-state index is 6.24. The number of nitrogens with two attached hydrogens (primary N) is 1. The number of hydrogen-bond acceptors (Lipinski definition) is 2. The predicted molar refractivity (Wildman–Crippen MR) is 75.1 cm³/mol. The van der Waals surface area contributed by atoms with Gasteiger partial charge in [-0.1, -0.05) is 49.7 Å². The lowest BCUT2D eigenvalue weighted by molar-refractivity contribution is 0.486. The fraction of sp³-hybridized carbons (Fsp3) is 0.333. The van der Waals surface area contributed by atoms with Gasteiger partial charge in [0.2, 0.25) is 0 Å². The van der Waals surface area contributed by atoms with Crippen molar-refractivity contribution in [1.29, 1.82) is 0 Å². The molecule has 17 heavy (non-hydrogen) atoms. The van der Waals surface area contributed by atoms with Crippen molar-refractivity contribution < 1.29 is 0 Å². The maximum Gasteiger partial charge on any atom is 0.0827 e. The average molecular weight is 228 g/mol. The molecule has 0 radical (unpaired) electrons. The van der Waals surface area contributed by atoms with Gasteiger partial charge in [0, 0.05) is 11.1 Å². The van der Waals surface area contributed by atoms with Gasteiger partial charge in [-0.25, -0.2) is 0 Å². The molecular weight excluding hydrogens is 208 g/mol. The van der Waals surface area contributed by atoms with Crippen molar-refractivity contribution in [2.45, 2.75) is 32.4 Å². The van der Waals surface area contributed by atoms with Crippen molar-refractivity contribution >= 4 is 16.5 Å². The van der Waals surface area contributed by atoms with Gasteiger partial charge in [0.15, 0.2) is 0 Å². The fourth-order valence-corrected chi connectivity index (χ4v) is 2.22. The first-order valence-corrected chi connectivity index (χ1v) is 6.17. The summed E-state index contributed by atoms with van der Waals surface area (Å²) in [4.78, 5) is 0. The van der Waals surface area contributed by atoms with Gasteiger partial charge in [-0.15, -0.1) is 0 Å². The molecule has 90 valence electrons. The van der Waals surface area contributed by atoms with Crippen LogP contribution in [0.5, 0.6) is 0 Å². The van der Waals surface area contributed by atoms with Crippen LogP contribution < -0.4 is 11.1 Å². The Balaban J connectivity index is 2.36. The number of rotatable bonds is 4. The molecule has 0 aromatic heterocycles. The minimum atomic E-state index is -0.348. The van der Waals surface area contributed by atoms with Crippen LogP contribution in [0.2, 0.25) is 0 Å². The summed E-state index contributed by atoms with van der Waals surface area (Å²) in [6, 6.07) is 14.6. The van der Waals surface area contributed by atoms with Gasteiger partial charge in [-0.3, -0.25) is 0 Å². The average Bonchev–Trinajstić information content (AvgIpc) is 2.29. The Kier molecular flexibility index (Phi) is 3.34. The first kappa shape index (κ1) is 11.9. The van der Waals surface area contributed by atoms with E-state index in [-0.39, 0.29) is 5.66 Å². The van der Waals surface area contributed by atoms with Crippen LogP contribution in [0.15, 0.2) is 42.5 Å². The highest BCUT2D eigenvalue weighted by molar-refractivity contribution is 5.93. The van der Waals surface area contributed by atoms with Crippen molar-refractivity contribution in [1.82, 2.24) is 0 Å². The van der Waals surface area contributed by atoms with Gasteiger partial charge < -0.3 is 11.1 Å². The second-order valence-corrected chi connectivity index (χ2v) is 4.82. The highest BCUT2D eigenvalue weighted by atomic mass is 15.1. The molecule has 0 saturated carbocycles. The summed E-state index contributed by atoms with van der Waals surface area (Å²) in [5.41, 5.74) is 7.00. The molecule has 3 N–H and O–H groups in total. The van der Waals surface area contributed by atoms with E-state index >= 15 is 0 Å². The van der Waals surface area contributed by atoms with E-state index in [2.05, 4.69) is 54.7 Å². The van der Waals surface area contributed by atoms with Crippen LogP contribution in [0.3, 0.4) is 0 Å². The van der Waals surface area contributed by atoms with Crippen LogP contribution in [0.1, 0.15) is 26.7 Å². The quantitative estimate of drug-likeness (QED) is 0.783. The number of benzene rings is 2. The Morgan fingerprint density at radius 2 is 1.82 bits per heavy atom. The monoisotopic (exact) mass is 228 g/mol. The van der Waals surface area contributed by atoms with Crippen LogP contribution >= 0.6 is 0 Å². The largest absolute Gasteiger partial charge is 0.367 e. The molecule has 2 heteroatoms. The van der Waals surface area contributed by atoms with E-state index in [1.165, 1.54) is 10.8 Å². The highest BCUT2D eigenvalue weighted by Crippen LogP contribution is 2.25. The van der Waals surface area contributed by atoms with E-state index in [1.807, 2.05) is 6.92 Å². The zero-order valence-electron chi connectivity index (χ0n) is 10.5. The third-order valence-corrected chi connectivity index (χ3v) is 2.98. The molecular formula is C15H20N2. The van der Waals surface area contributed by atoms with Crippen LogP contribution in [0.25, 0.3) is 10.8 Å². The second kappa shape index (κ2) is 4.76. The lowest BCUT2D eigenvalue weighted by Crippen LogP contribution is -2.44. The minimum absolute atomic E-state index is 0.348. The number of fused-ring (bicyclic) bond motifs is 1. The standard InChI is InChI=1S/C15H20N2/c1-3-11-15(2,16)17-14-10-6-8-12-7-4-5-9-13(12)14/h4-10,17H,3,11,16H2,1-2H3. The van der Waals surface area contributed by atoms with Gasteiger partial charge >= 0.3 is 0 Å². The van der Waals surface area contributed by atoms with Gasteiger partial charge in [0.1, 0.15) is 0 Å². The smallest absolute Gasteiger partial charge is 0.0827 e. The summed E-state index contributed by atoms with van der Waals surface area (Å²) in [6.07, 6.45) is 2.03. The highest BCUT2D eigenvalue weighted by Gasteiger charge is 2.17. The van der Waals surface area contributed by atoms with Crippen LogP contribution in [-0.4, -0.2) is 5.66 Å². The van der Waals surface area contributed by atoms with Gasteiger partial charge in [-0.05, 0) is 24.8 Å². The number of nitrogens with one attached hydrogen (secondary N) is 1. The Labute approximate surface area is 103 Å². The normalized spacial score (nSPS) is 14.5. The molecule has 0 saturated heterocycles. The summed E-state index contributed by atoms with van der Waals surface area (Å²) >= 11 is 0. The van der Waals surface area contributed by atoms with Gasteiger partial charge in [0.25, 0.3) is 0 Å². The van der Waals surface area contributed by atoms with Crippen molar-refractivity contribution in [3.05, 3.63) is 42.5 Å². The summed E-state index contributed by atoms with van der Waals surface area (Å²) in [5, 5.41) is 5.91. The first-order valence-electron chi connectivity index (χ1n) is 6.17. The topological polar surface area (TPSA) is 38.0 Å². The third kappa shape index (κ3) is 2.77. The predicted octanol–water partition coefficient (Wildman–Crippen LogP) is 3.73. The second-order valence-electron chi connectivity index (χ2n) is 4.82. The van der Waals surface area contributed by atoms with Crippen LogP contribution in [0.4, 0.5) is 5.69 Å². The first-order chi connectivity index (χ1) is 8.12. The van der Waals surface area contributed by atoms with Crippen LogP contribution in [0, 0.1) is 0 Å². The summed E-state index contributed by atoms with van der Waals surface area (Å²) < 4.78 is 0.